The highest BCUT2D eigenvalue weighted by molar-refractivity contribution is 5.84. The van der Waals surface area contributed by atoms with E-state index >= 15 is 0 Å². The Kier molecular flexibility index (Phi) is 4.67. The quantitative estimate of drug-likeness (QED) is 0.460. The molecule has 0 fully saturated rings. The molecule has 4 rings (SSSR count). The van der Waals surface area contributed by atoms with Crippen molar-refractivity contribution >= 4 is 16.9 Å². The van der Waals surface area contributed by atoms with Crippen molar-refractivity contribution in [2.24, 2.45) is 0 Å². The van der Waals surface area contributed by atoms with E-state index in [9.17, 15) is 33.7 Å². The molecule has 0 aliphatic carbocycles. The fourth-order valence-electron chi connectivity index (χ4n) is 4.00. The van der Waals surface area contributed by atoms with Crippen LogP contribution >= 0.6 is 0 Å². The lowest BCUT2D eigenvalue weighted by molar-refractivity contribution is -0.143. The van der Waals surface area contributed by atoms with Crippen LogP contribution in [0, 0.1) is 11.6 Å². The molecule has 156 valence electrons. The molecular weight excluding hydrogens is 398 g/mol. The van der Waals surface area contributed by atoms with Crippen molar-refractivity contribution in [1.82, 2.24) is 9.55 Å². The number of benzene rings is 1. The van der Waals surface area contributed by atoms with Crippen LogP contribution in [0.25, 0.3) is 22.3 Å². The Hall–Kier alpha value is -3.17. The molecule has 1 aromatic carbocycles. The lowest BCUT2D eigenvalue weighted by atomic mass is 9.85. The molecule has 0 unspecified atom stereocenters. The highest BCUT2D eigenvalue weighted by Crippen LogP contribution is 2.37. The number of aliphatic carboxylic acids is 1. The zero-order valence-electron chi connectivity index (χ0n) is 15.9. The predicted octanol–water partition coefficient (Wildman–Crippen LogP) is 2.27. The first-order valence-corrected chi connectivity index (χ1v) is 9.29. The van der Waals surface area contributed by atoms with Gasteiger partial charge in [-0.25, -0.2) is 13.8 Å². The van der Waals surface area contributed by atoms with Crippen molar-refractivity contribution in [2.45, 2.75) is 38.5 Å². The standard InChI is InChI=1S/C21H18F2N2O5/c1-2-21(30,7-18(27)28)13-5-17-19-11(8-25(17)20(29)12(13)9-26)3-10-4-14(22)15(23)6-16(10)24-19/h3-6,26,30H,2,7-9H2,1H3,(H,27,28)/t21-/m1/s1. The summed E-state index contributed by atoms with van der Waals surface area (Å²) in [4.78, 5) is 28.7. The summed E-state index contributed by atoms with van der Waals surface area (Å²) in [5.41, 5.74) is -1.08. The minimum atomic E-state index is -1.87. The van der Waals surface area contributed by atoms with Crippen molar-refractivity contribution in [2.75, 3.05) is 0 Å². The first kappa shape index (κ1) is 20.1. The molecule has 0 amide bonds. The maximum absolute atomic E-state index is 13.7. The topological polar surface area (TPSA) is 113 Å². The van der Waals surface area contributed by atoms with Crippen LogP contribution in [0.5, 0.6) is 0 Å². The van der Waals surface area contributed by atoms with Crippen molar-refractivity contribution in [3.8, 4) is 11.4 Å². The van der Waals surface area contributed by atoms with Crippen LogP contribution in [-0.2, 0) is 23.5 Å². The Balaban J connectivity index is 1.99. The molecule has 0 saturated carbocycles. The monoisotopic (exact) mass is 416 g/mol. The van der Waals surface area contributed by atoms with Gasteiger partial charge in [0.25, 0.3) is 5.56 Å². The number of nitrogens with zero attached hydrogens (tertiary/aromatic N) is 2. The number of aliphatic hydroxyl groups excluding tert-OH is 1. The number of carboxylic acid groups (broad SMARTS) is 1. The summed E-state index contributed by atoms with van der Waals surface area (Å²) in [5.74, 6) is -3.32. The van der Waals surface area contributed by atoms with Crippen LogP contribution < -0.4 is 5.56 Å². The van der Waals surface area contributed by atoms with E-state index in [4.69, 9.17) is 0 Å². The number of aromatic nitrogens is 2. The lowest BCUT2D eigenvalue weighted by Crippen LogP contribution is -2.34. The lowest BCUT2D eigenvalue weighted by Gasteiger charge is -2.28. The Morgan fingerprint density at radius 2 is 1.93 bits per heavy atom. The van der Waals surface area contributed by atoms with E-state index in [1.807, 2.05) is 0 Å². The van der Waals surface area contributed by atoms with Gasteiger partial charge in [-0.1, -0.05) is 6.92 Å². The Labute approximate surface area is 168 Å². The van der Waals surface area contributed by atoms with Crippen molar-refractivity contribution in [3.63, 3.8) is 0 Å². The number of hydrogen-bond acceptors (Lipinski definition) is 5. The summed E-state index contributed by atoms with van der Waals surface area (Å²) < 4.78 is 28.6. The Bertz CT molecular complexity index is 1270. The maximum Gasteiger partial charge on any atom is 0.306 e. The van der Waals surface area contributed by atoms with Gasteiger partial charge in [-0.15, -0.1) is 0 Å². The number of carboxylic acids is 1. The molecule has 0 saturated heterocycles. The second-order valence-corrected chi connectivity index (χ2v) is 7.38. The van der Waals surface area contributed by atoms with Gasteiger partial charge in [0.1, 0.15) is 5.60 Å². The maximum atomic E-state index is 13.7. The van der Waals surface area contributed by atoms with E-state index in [0.29, 0.717) is 22.3 Å². The van der Waals surface area contributed by atoms with Gasteiger partial charge < -0.3 is 19.9 Å². The van der Waals surface area contributed by atoms with Gasteiger partial charge in [0.2, 0.25) is 0 Å². The second kappa shape index (κ2) is 6.96. The molecule has 3 aromatic rings. The van der Waals surface area contributed by atoms with Crippen LogP contribution in [0.15, 0.2) is 29.1 Å². The molecule has 0 radical (unpaired) electrons. The third-order valence-corrected chi connectivity index (χ3v) is 5.60. The summed E-state index contributed by atoms with van der Waals surface area (Å²) in [5, 5.41) is 30.3. The molecule has 0 spiro atoms. The summed E-state index contributed by atoms with van der Waals surface area (Å²) in [6, 6.07) is 5.04. The molecule has 30 heavy (non-hydrogen) atoms. The zero-order valence-corrected chi connectivity index (χ0v) is 15.9. The predicted molar refractivity (Wildman–Crippen MR) is 103 cm³/mol. The van der Waals surface area contributed by atoms with E-state index in [1.165, 1.54) is 10.6 Å². The molecule has 3 heterocycles. The minimum absolute atomic E-state index is 0.00229. The van der Waals surface area contributed by atoms with Gasteiger partial charge in [0, 0.05) is 22.6 Å². The van der Waals surface area contributed by atoms with Crippen LogP contribution in [0.2, 0.25) is 0 Å². The number of hydrogen-bond donors (Lipinski definition) is 3. The van der Waals surface area contributed by atoms with Crippen molar-refractivity contribution in [3.05, 3.63) is 62.9 Å². The van der Waals surface area contributed by atoms with Crippen LogP contribution in [0.3, 0.4) is 0 Å². The van der Waals surface area contributed by atoms with Crippen molar-refractivity contribution in [1.29, 1.82) is 0 Å². The largest absolute Gasteiger partial charge is 0.481 e. The summed E-state index contributed by atoms with van der Waals surface area (Å²) in [6.45, 7) is 0.993. The highest BCUT2D eigenvalue weighted by Gasteiger charge is 2.36. The number of pyridine rings is 2. The van der Waals surface area contributed by atoms with Gasteiger partial charge in [0.05, 0.1) is 36.5 Å². The molecule has 0 bridgehead atoms. The molecule has 1 aliphatic rings. The summed E-state index contributed by atoms with van der Waals surface area (Å²) in [6.07, 6.45) is -0.653. The van der Waals surface area contributed by atoms with Gasteiger partial charge >= 0.3 is 5.97 Å². The molecule has 2 aromatic heterocycles. The Morgan fingerprint density at radius 3 is 2.57 bits per heavy atom. The van der Waals surface area contributed by atoms with E-state index in [2.05, 4.69) is 4.98 Å². The average Bonchev–Trinajstić information content (AvgIpc) is 3.04. The molecule has 1 atom stereocenters. The normalized spacial score (nSPS) is 14.4. The fourth-order valence-corrected chi connectivity index (χ4v) is 4.00. The smallest absolute Gasteiger partial charge is 0.306 e. The van der Waals surface area contributed by atoms with Crippen LogP contribution in [0.4, 0.5) is 8.78 Å². The Morgan fingerprint density at radius 1 is 1.23 bits per heavy atom. The number of fused-ring (bicyclic) bond motifs is 4. The molecule has 9 heteroatoms. The van der Waals surface area contributed by atoms with E-state index in [0.717, 1.165) is 12.1 Å². The van der Waals surface area contributed by atoms with Gasteiger partial charge in [-0.3, -0.25) is 9.59 Å². The first-order valence-electron chi connectivity index (χ1n) is 9.29. The number of carbonyl (C=O) groups is 1. The molecular formula is C21H18F2N2O5. The molecule has 3 N–H and O–H groups in total. The average molecular weight is 416 g/mol. The van der Waals surface area contributed by atoms with E-state index in [-0.39, 0.29) is 29.6 Å². The molecule has 7 nitrogen and oxygen atoms in total. The van der Waals surface area contributed by atoms with Crippen LogP contribution in [0.1, 0.15) is 36.5 Å². The number of rotatable bonds is 5. The first-order chi connectivity index (χ1) is 14.2. The van der Waals surface area contributed by atoms with E-state index < -0.39 is 41.8 Å². The van der Waals surface area contributed by atoms with Crippen LogP contribution in [-0.4, -0.2) is 30.8 Å². The van der Waals surface area contributed by atoms with Gasteiger partial charge in [0.15, 0.2) is 11.6 Å². The summed E-state index contributed by atoms with van der Waals surface area (Å²) in [7, 11) is 0. The summed E-state index contributed by atoms with van der Waals surface area (Å²) >= 11 is 0. The number of halogens is 2. The minimum Gasteiger partial charge on any atom is -0.481 e. The highest BCUT2D eigenvalue weighted by atomic mass is 19.2. The zero-order chi connectivity index (χ0) is 21.8. The second-order valence-electron chi connectivity index (χ2n) is 7.38. The third-order valence-electron chi connectivity index (χ3n) is 5.60. The number of aliphatic hydroxyl groups is 2. The molecule has 1 aliphatic heterocycles. The fraction of sp³-hybridized carbons (Fsp3) is 0.286. The SMILES string of the molecule is CC[C@@](O)(CC(=O)O)c1cc2n(c(=O)c1CO)Cc1cc3cc(F)c(F)cc3nc1-2. The third kappa shape index (κ3) is 2.98. The van der Waals surface area contributed by atoms with Crippen molar-refractivity contribution < 1.29 is 28.9 Å². The van der Waals surface area contributed by atoms with Gasteiger partial charge in [-0.05, 0) is 30.2 Å². The van der Waals surface area contributed by atoms with E-state index in [1.54, 1.807) is 13.0 Å². The van der Waals surface area contributed by atoms with Gasteiger partial charge in [-0.2, -0.15) is 0 Å².